The molecular weight excluding hydrogens is 287 g/mol. The van der Waals surface area contributed by atoms with Crippen molar-refractivity contribution in [3.8, 4) is 11.1 Å². The molecule has 0 saturated carbocycles. The van der Waals surface area contributed by atoms with Crippen molar-refractivity contribution >= 4 is 5.97 Å². The predicted octanol–water partition coefficient (Wildman–Crippen LogP) is 2.85. The third-order valence-corrected chi connectivity index (χ3v) is 2.85. The fourth-order valence-electron chi connectivity index (χ4n) is 1.77. The highest BCUT2D eigenvalue weighted by Crippen LogP contribution is 2.30. The van der Waals surface area contributed by atoms with Gasteiger partial charge in [0.2, 0.25) is 0 Å². The van der Waals surface area contributed by atoms with Gasteiger partial charge in [-0.3, -0.25) is 4.79 Å². The van der Waals surface area contributed by atoms with Gasteiger partial charge >= 0.3 is 12.1 Å². The molecule has 0 aliphatic heterocycles. The molecule has 21 heavy (non-hydrogen) atoms. The number of alkyl halides is 3. The zero-order valence-corrected chi connectivity index (χ0v) is 10.8. The van der Waals surface area contributed by atoms with E-state index < -0.39 is 23.3 Å². The highest BCUT2D eigenvalue weighted by atomic mass is 19.4. The van der Waals surface area contributed by atoms with Gasteiger partial charge in [-0.05, 0) is 23.8 Å². The fraction of sp³-hybridized carbons (Fsp3) is 0.143. The lowest BCUT2D eigenvalue weighted by Gasteiger charge is -2.08. The van der Waals surface area contributed by atoms with E-state index in [2.05, 4.69) is 9.72 Å². The third-order valence-electron chi connectivity index (χ3n) is 2.85. The van der Waals surface area contributed by atoms with Crippen LogP contribution in [0.3, 0.4) is 0 Å². The zero-order valence-electron chi connectivity index (χ0n) is 10.8. The summed E-state index contributed by atoms with van der Waals surface area (Å²) in [5.74, 6) is -0.653. The smallest absolute Gasteiger partial charge is 0.416 e. The van der Waals surface area contributed by atoms with Crippen molar-refractivity contribution in [2.75, 3.05) is 7.11 Å². The number of H-pyrrole nitrogens is 1. The first-order valence-corrected chi connectivity index (χ1v) is 5.81. The number of carbonyl (C=O) groups is 1. The van der Waals surface area contributed by atoms with E-state index in [1.165, 1.54) is 31.5 Å². The summed E-state index contributed by atoms with van der Waals surface area (Å²) in [5, 5.41) is 0. The molecule has 2 aromatic rings. The summed E-state index contributed by atoms with van der Waals surface area (Å²) >= 11 is 0. The lowest BCUT2D eigenvalue weighted by molar-refractivity contribution is -0.137. The first-order valence-electron chi connectivity index (χ1n) is 5.81. The second kappa shape index (κ2) is 5.43. The molecule has 110 valence electrons. The predicted molar refractivity (Wildman–Crippen MR) is 68.8 cm³/mol. The Balaban J connectivity index is 2.47. The number of rotatable bonds is 2. The van der Waals surface area contributed by atoms with Crippen molar-refractivity contribution in [3.05, 3.63) is 58.0 Å². The van der Waals surface area contributed by atoms with Gasteiger partial charge in [0, 0.05) is 11.8 Å². The van der Waals surface area contributed by atoms with Crippen LogP contribution in [-0.2, 0) is 10.9 Å². The summed E-state index contributed by atoms with van der Waals surface area (Å²) in [6, 6.07) is 5.37. The van der Waals surface area contributed by atoms with Crippen LogP contribution < -0.4 is 5.56 Å². The van der Waals surface area contributed by atoms with Crippen LogP contribution in [0.5, 0.6) is 0 Å². The van der Waals surface area contributed by atoms with Crippen LogP contribution in [0.1, 0.15) is 15.9 Å². The quantitative estimate of drug-likeness (QED) is 0.867. The maximum Gasteiger partial charge on any atom is 0.416 e. The molecule has 0 radical (unpaired) electrons. The topological polar surface area (TPSA) is 59.2 Å². The summed E-state index contributed by atoms with van der Waals surface area (Å²) in [7, 11) is 1.19. The average Bonchev–Trinajstić information content (AvgIpc) is 2.46. The number of carbonyl (C=O) groups excluding carboxylic acids is 1. The van der Waals surface area contributed by atoms with Gasteiger partial charge in [0.25, 0.3) is 5.56 Å². The molecule has 0 saturated heterocycles. The van der Waals surface area contributed by atoms with Crippen LogP contribution >= 0.6 is 0 Å². The number of aromatic amines is 1. The van der Waals surface area contributed by atoms with Gasteiger partial charge in [0.1, 0.15) is 0 Å². The minimum Gasteiger partial charge on any atom is -0.465 e. The summed E-state index contributed by atoms with van der Waals surface area (Å²) in [5.41, 5.74) is -0.858. The summed E-state index contributed by atoms with van der Waals surface area (Å²) in [4.78, 5) is 25.5. The minimum absolute atomic E-state index is 0.0895. The number of nitrogens with one attached hydrogen (secondary N) is 1. The van der Waals surface area contributed by atoms with E-state index >= 15 is 0 Å². The van der Waals surface area contributed by atoms with Crippen molar-refractivity contribution in [2.24, 2.45) is 0 Å². The van der Waals surface area contributed by atoms with Crippen LogP contribution in [0.25, 0.3) is 11.1 Å². The molecule has 0 bridgehead atoms. The molecule has 1 aromatic carbocycles. The Morgan fingerprint density at radius 2 is 1.81 bits per heavy atom. The van der Waals surface area contributed by atoms with E-state index in [0.29, 0.717) is 0 Å². The summed E-state index contributed by atoms with van der Waals surface area (Å²) in [6.07, 6.45) is -3.26. The Bertz CT molecular complexity index is 717. The van der Waals surface area contributed by atoms with Gasteiger partial charge in [-0.2, -0.15) is 13.2 Å². The molecular formula is C14H10F3NO3. The highest BCUT2D eigenvalue weighted by molar-refractivity contribution is 5.90. The monoisotopic (exact) mass is 297 g/mol. The second-order valence-corrected chi connectivity index (χ2v) is 4.20. The van der Waals surface area contributed by atoms with Crippen molar-refractivity contribution in [1.82, 2.24) is 4.98 Å². The number of hydrogen-bond donors (Lipinski definition) is 1. The summed E-state index contributed by atoms with van der Waals surface area (Å²) < 4.78 is 42.0. The zero-order chi connectivity index (χ0) is 15.6. The SMILES string of the molecule is COC(=O)c1c[nH]c(=O)c(-c2ccc(C(F)(F)F)cc2)c1. The van der Waals surface area contributed by atoms with Crippen molar-refractivity contribution in [2.45, 2.75) is 6.18 Å². The number of hydrogen-bond acceptors (Lipinski definition) is 3. The molecule has 1 aromatic heterocycles. The number of esters is 1. The average molecular weight is 297 g/mol. The number of pyridine rings is 1. The lowest BCUT2D eigenvalue weighted by Crippen LogP contribution is -2.12. The van der Waals surface area contributed by atoms with E-state index in [0.717, 1.165) is 12.1 Å². The maximum atomic E-state index is 12.5. The number of benzene rings is 1. The van der Waals surface area contributed by atoms with Crippen LogP contribution in [0.4, 0.5) is 13.2 Å². The van der Waals surface area contributed by atoms with E-state index in [1.54, 1.807) is 0 Å². The molecule has 0 aliphatic carbocycles. The van der Waals surface area contributed by atoms with Gasteiger partial charge in [-0.15, -0.1) is 0 Å². The third kappa shape index (κ3) is 3.13. The molecule has 0 fully saturated rings. The van der Waals surface area contributed by atoms with E-state index in [4.69, 9.17) is 0 Å². The molecule has 0 amide bonds. The Hall–Kier alpha value is -2.57. The number of halogens is 3. The number of ether oxygens (including phenoxy) is 1. The van der Waals surface area contributed by atoms with E-state index in [1.807, 2.05) is 0 Å². The largest absolute Gasteiger partial charge is 0.465 e. The molecule has 7 heteroatoms. The Kier molecular flexibility index (Phi) is 3.84. The molecule has 1 N–H and O–H groups in total. The van der Waals surface area contributed by atoms with Crippen molar-refractivity contribution in [3.63, 3.8) is 0 Å². The summed E-state index contributed by atoms with van der Waals surface area (Å²) in [6.45, 7) is 0. The van der Waals surface area contributed by atoms with Gasteiger partial charge in [0.15, 0.2) is 0 Å². The van der Waals surface area contributed by atoms with Gasteiger partial charge < -0.3 is 9.72 Å². The van der Waals surface area contributed by atoms with Crippen molar-refractivity contribution in [1.29, 1.82) is 0 Å². The highest BCUT2D eigenvalue weighted by Gasteiger charge is 2.30. The maximum absolute atomic E-state index is 12.5. The van der Waals surface area contributed by atoms with Gasteiger partial charge in [-0.1, -0.05) is 12.1 Å². The first kappa shape index (κ1) is 14.8. The molecule has 0 aliphatic rings. The van der Waals surface area contributed by atoms with Crippen molar-refractivity contribution < 1.29 is 22.7 Å². The van der Waals surface area contributed by atoms with Gasteiger partial charge in [0.05, 0.1) is 18.2 Å². The van der Waals surface area contributed by atoms with E-state index in [-0.39, 0.29) is 16.7 Å². The van der Waals surface area contributed by atoms with Crippen LogP contribution in [0.2, 0.25) is 0 Å². The van der Waals surface area contributed by atoms with Crippen LogP contribution in [-0.4, -0.2) is 18.1 Å². The Morgan fingerprint density at radius 1 is 1.19 bits per heavy atom. The first-order chi connectivity index (χ1) is 9.82. The molecule has 1 heterocycles. The minimum atomic E-state index is -4.45. The lowest BCUT2D eigenvalue weighted by atomic mass is 10.0. The van der Waals surface area contributed by atoms with Crippen LogP contribution in [0.15, 0.2) is 41.3 Å². The second-order valence-electron chi connectivity index (χ2n) is 4.20. The molecule has 0 atom stereocenters. The molecule has 0 unspecified atom stereocenters. The number of aromatic nitrogens is 1. The molecule has 0 spiro atoms. The van der Waals surface area contributed by atoms with Crippen LogP contribution in [0, 0.1) is 0 Å². The molecule has 2 rings (SSSR count). The molecule has 4 nitrogen and oxygen atoms in total. The standard InChI is InChI=1S/C14H10F3NO3/c1-21-13(20)9-6-11(12(19)18-7-9)8-2-4-10(5-3-8)14(15,16)17/h2-7H,1H3,(H,18,19). The number of methoxy groups -OCH3 is 1. The fourth-order valence-corrected chi connectivity index (χ4v) is 1.77. The Morgan fingerprint density at radius 3 is 2.33 bits per heavy atom. The van der Waals surface area contributed by atoms with E-state index in [9.17, 15) is 22.8 Å². The normalized spacial score (nSPS) is 11.2. The van der Waals surface area contributed by atoms with Gasteiger partial charge in [-0.25, -0.2) is 4.79 Å². The Labute approximate surface area is 117 Å².